The molecule has 4 aromatic rings. The number of ether oxygens (including phenoxy) is 3. The molecular weight excluding hydrogens is 515 g/mol. The minimum absolute atomic E-state index is 0.112. The lowest BCUT2D eigenvalue weighted by Crippen LogP contribution is -2.48. The first-order valence-corrected chi connectivity index (χ1v) is 13.9. The molecule has 1 aromatic carbocycles. The van der Waals surface area contributed by atoms with Crippen LogP contribution in [0.5, 0.6) is 11.6 Å². The lowest BCUT2D eigenvalue weighted by Gasteiger charge is -2.29. The number of nitrogens with zero attached hydrogens (tertiary/aromatic N) is 6. The Morgan fingerprint density at radius 1 is 1.07 bits per heavy atom. The second-order valence-corrected chi connectivity index (χ2v) is 10.4. The van der Waals surface area contributed by atoms with Gasteiger partial charge in [-0.05, 0) is 31.4 Å². The molecule has 2 saturated heterocycles. The Kier molecular flexibility index (Phi) is 7.57. The highest BCUT2D eigenvalue weighted by Gasteiger charge is 2.22. The number of hydrogen-bond donors (Lipinski definition) is 0. The van der Waals surface area contributed by atoms with Crippen molar-refractivity contribution < 1.29 is 18.6 Å². The zero-order chi connectivity index (χ0) is 27.6. The lowest BCUT2D eigenvalue weighted by atomic mass is 10.0. The van der Waals surface area contributed by atoms with E-state index in [2.05, 4.69) is 14.9 Å². The summed E-state index contributed by atoms with van der Waals surface area (Å²) in [6.45, 7) is 5.49. The minimum Gasteiger partial charge on any atom is -0.496 e. The van der Waals surface area contributed by atoms with E-state index in [0.717, 1.165) is 59.1 Å². The molecule has 10 nitrogen and oxygen atoms in total. The van der Waals surface area contributed by atoms with Crippen LogP contribution in [0.2, 0.25) is 0 Å². The van der Waals surface area contributed by atoms with Crippen LogP contribution in [0.4, 0.5) is 4.39 Å². The summed E-state index contributed by atoms with van der Waals surface area (Å²) in [7, 11) is 3.41. The molecular formula is C29H35FN6O4. The van der Waals surface area contributed by atoms with Crippen LogP contribution < -0.4 is 20.2 Å². The van der Waals surface area contributed by atoms with Crippen LogP contribution in [-0.2, 0) is 11.8 Å². The zero-order valence-electron chi connectivity index (χ0n) is 23.0. The molecule has 5 heterocycles. The molecule has 0 saturated carbocycles. The predicted molar refractivity (Wildman–Crippen MR) is 152 cm³/mol. The van der Waals surface area contributed by atoms with Crippen LogP contribution in [0.25, 0.3) is 33.1 Å². The van der Waals surface area contributed by atoms with E-state index in [9.17, 15) is 9.18 Å². The molecule has 0 aliphatic carbocycles. The summed E-state index contributed by atoms with van der Waals surface area (Å²) in [5.41, 5.74) is 3.92. The van der Waals surface area contributed by atoms with E-state index >= 15 is 0 Å². The fourth-order valence-electron chi connectivity index (χ4n) is 5.63. The average molecular weight is 551 g/mol. The van der Waals surface area contributed by atoms with E-state index in [0.29, 0.717) is 57.4 Å². The molecule has 2 fully saturated rings. The van der Waals surface area contributed by atoms with Gasteiger partial charge in [0.1, 0.15) is 17.4 Å². The first kappa shape index (κ1) is 26.5. The summed E-state index contributed by atoms with van der Waals surface area (Å²) >= 11 is 0. The highest BCUT2D eigenvalue weighted by Crippen LogP contribution is 2.36. The Morgan fingerprint density at radius 2 is 1.88 bits per heavy atom. The van der Waals surface area contributed by atoms with E-state index in [-0.39, 0.29) is 5.69 Å². The summed E-state index contributed by atoms with van der Waals surface area (Å²) in [4.78, 5) is 24.8. The van der Waals surface area contributed by atoms with E-state index in [1.165, 1.54) is 0 Å². The van der Waals surface area contributed by atoms with Gasteiger partial charge in [0, 0.05) is 61.5 Å². The smallest absolute Gasteiger partial charge is 0.347 e. The lowest BCUT2D eigenvalue weighted by molar-refractivity contribution is 0.111. The number of piperidine rings is 1. The van der Waals surface area contributed by atoms with Crippen LogP contribution in [0.1, 0.15) is 19.3 Å². The molecule has 2 aliphatic heterocycles. The summed E-state index contributed by atoms with van der Waals surface area (Å²) < 4.78 is 33.9. The van der Waals surface area contributed by atoms with Crippen molar-refractivity contribution in [3.8, 4) is 22.8 Å². The Labute approximate surface area is 231 Å². The van der Waals surface area contributed by atoms with Gasteiger partial charge in [-0.2, -0.15) is 0 Å². The number of methoxy groups -OCH3 is 1. The molecule has 0 unspecified atom stereocenters. The standard InChI is InChI=1S/C29H35FN6O4/c1-33-25-19-31-24-17-26(38-2)22(16-23(24)28(25)36(29(33)37)35-11-14-39-15-12-35)20-4-5-27(32-18-20)40-13-3-8-34-9-6-21(30)7-10-34/h4-5,16-19,21H,3,6-15H2,1-2H3. The third-order valence-electron chi connectivity index (χ3n) is 7.89. The molecule has 6 rings (SSSR count). The molecule has 0 amide bonds. The molecule has 40 heavy (non-hydrogen) atoms. The maximum absolute atomic E-state index is 13.3. The summed E-state index contributed by atoms with van der Waals surface area (Å²) in [6, 6.07) is 7.75. The molecule has 0 atom stereocenters. The Balaban J connectivity index is 1.27. The highest BCUT2D eigenvalue weighted by atomic mass is 19.1. The number of likely N-dealkylation sites (tertiary alicyclic amines) is 1. The third kappa shape index (κ3) is 5.11. The fourth-order valence-corrected chi connectivity index (χ4v) is 5.63. The Morgan fingerprint density at radius 3 is 2.60 bits per heavy atom. The maximum Gasteiger partial charge on any atom is 0.347 e. The average Bonchev–Trinajstić information content (AvgIpc) is 3.26. The number of hydrogen-bond acceptors (Lipinski definition) is 8. The first-order chi connectivity index (χ1) is 19.5. The van der Waals surface area contributed by atoms with E-state index in [1.807, 2.05) is 29.3 Å². The van der Waals surface area contributed by atoms with Crippen molar-refractivity contribution in [2.45, 2.75) is 25.4 Å². The van der Waals surface area contributed by atoms with Gasteiger partial charge in [-0.1, -0.05) is 0 Å². The van der Waals surface area contributed by atoms with Gasteiger partial charge in [-0.25, -0.2) is 18.8 Å². The molecule has 3 aromatic heterocycles. The fraction of sp³-hybridized carbons (Fsp3) is 0.483. The number of halogens is 1. The van der Waals surface area contributed by atoms with Crippen molar-refractivity contribution in [3.63, 3.8) is 0 Å². The predicted octanol–water partition coefficient (Wildman–Crippen LogP) is 3.13. The number of imidazole rings is 1. The van der Waals surface area contributed by atoms with Gasteiger partial charge in [-0.3, -0.25) is 9.55 Å². The zero-order valence-corrected chi connectivity index (χ0v) is 23.0. The van der Waals surface area contributed by atoms with Gasteiger partial charge in [0.2, 0.25) is 5.88 Å². The third-order valence-corrected chi connectivity index (χ3v) is 7.89. The molecule has 0 radical (unpaired) electrons. The maximum atomic E-state index is 13.3. The van der Waals surface area contributed by atoms with Crippen LogP contribution in [0.3, 0.4) is 0 Å². The van der Waals surface area contributed by atoms with Crippen molar-refractivity contribution in [2.75, 3.05) is 64.7 Å². The van der Waals surface area contributed by atoms with Crippen LogP contribution >= 0.6 is 0 Å². The number of fused-ring (bicyclic) bond motifs is 3. The van der Waals surface area contributed by atoms with Crippen molar-refractivity contribution >= 4 is 21.9 Å². The minimum atomic E-state index is -0.652. The molecule has 2 aliphatic rings. The van der Waals surface area contributed by atoms with Crippen LogP contribution in [0, 0.1) is 0 Å². The van der Waals surface area contributed by atoms with E-state index in [4.69, 9.17) is 14.2 Å². The Hall–Kier alpha value is -3.70. The molecule has 0 N–H and O–H groups in total. The second kappa shape index (κ2) is 11.4. The van der Waals surface area contributed by atoms with E-state index < -0.39 is 6.17 Å². The van der Waals surface area contributed by atoms with Gasteiger partial charge in [0.05, 0.1) is 57.3 Å². The number of rotatable bonds is 8. The van der Waals surface area contributed by atoms with Crippen molar-refractivity contribution in [1.29, 1.82) is 0 Å². The topological polar surface area (TPSA) is 86.9 Å². The van der Waals surface area contributed by atoms with E-state index in [1.54, 1.807) is 35.8 Å². The van der Waals surface area contributed by atoms with Crippen molar-refractivity contribution in [2.24, 2.45) is 7.05 Å². The van der Waals surface area contributed by atoms with Gasteiger partial charge < -0.3 is 24.1 Å². The summed E-state index contributed by atoms with van der Waals surface area (Å²) in [5, 5.41) is 2.89. The summed E-state index contributed by atoms with van der Waals surface area (Å²) in [5.74, 6) is 1.22. The normalized spacial score (nSPS) is 17.1. The number of aromatic nitrogens is 4. The highest BCUT2D eigenvalue weighted by molar-refractivity contribution is 6.05. The van der Waals surface area contributed by atoms with Crippen molar-refractivity contribution in [1.82, 2.24) is 24.1 Å². The van der Waals surface area contributed by atoms with Gasteiger partial charge in [-0.15, -0.1) is 0 Å². The first-order valence-electron chi connectivity index (χ1n) is 13.9. The largest absolute Gasteiger partial charge is 0.496 e. The Bertz CT molecular complexity index is 1540. The SMILES string of the molecule is COc1cc2ncc3c(c2cc1-c1ccc(OCCCN2CCC(F)CC2)nc1)n(N1CCOCC1)c(=O)n3C. The molecule has 0 bridgehead atoms. The summed E-state index contributed by atoms with van der Waals surface area (Å²) in [6.07, 6.45) is 4.98. The number of pyridine rings is 2. The molecule has 212 valence electrons. The monoisotopic (exact) mass is 550 g/mol. The number of benzene rings is 1. The molecule has 11 heteroatoms. The van der Waals surface area contributed by atoms with Crippen molar-refractivity contribution in [3.05, 3.63) is 47.1 Å². The quantitative estimate of drug-likeness (QED) is 0.310. The number of morpholine rings is 1. The van der Waals surface area contributed by atoms with Gasteiger partial charge in [0.15, 0.2) is 0 Å². The number of aryl methyl sites for hydroxylation is 1. The number of alkyl halides is 1. The van der Waals surface area contributed by atoms with Gasteiger partial charge in [0.25, 0.3) is 0 Å². The van der Waals surface area contributed by atoms with Gasteiger partial charge >= 0.3 is 5.69 Å². The van der Waals surface area contributed by atoms with Crippen LogP contribution in [0.15, 0.2) is 41.5 Å². The van der Waals surface area contributed by atoms with Crippen LogP contribution in [-0.4, -0.2) is 89.9 Å². The second-order valence-electron chi connectivity index (χ2n) is 10.4. The molecule has 0 spiro atoms.